The number of amides is 1. The minimum atomic E-state index is -0.462. The Morgan fingerprint density at radius 3 is 2.42 bits per heavy atom. The predicted molar refractivity (Wildman–Crippen MR) is 101 cm³/mol. The molecule has 2 aromatic carbocycles. The Bertz CT molecular complexity index is 792. The molecule has 0 spiro atoms. The number of nitrogens with zero attached hydrogens (tertiary/aromatic N) is 1. The van der Waals surface area contributed by atoms with Crippen LogP contribution in [0.15, 0.2) is 48.5 Å². The summed E-state index contributed by atoms with van der Waals surface area (Å²) in [6.45, 7) is 1.78. The van der Waals surface area contributed by atoms with Crippen LogP contribution in [0.2, 0.25) is 0 Å². The average Bonchev–Trinajstić information content (AvgIpc) is 3.13. The Morgan fingerprint density at radius 2 is 1.85 bits per heavy atom. The molecule has 2 aliphatic heterocycles. The molecule has 136 valence electrons. The zero-order chi connectivity index (χ0) is 18.3. The van der Waals surface area contributed by atoms with Crippen LogP contribution in [0.3, 0.4) is 0 Å². The van der Waals surface area contributed by atoms with Gasteiger partial charge in [0.05, 0.1) is 11.6 Å². The van der Waals surface area contributed by atoms with Crippen molar-refractivity contribution >= 4 is 5.91 Å². The maximum atomic E-state index is 14.3. The highest BCUT2D eigenvalue weighted by atomic mass is 19.1. The van der Waals surface area contributed by atoms with E-state index in [1.165, 1.54) is 6.07 Å². The summed E-state index contributed by atoms with van der Waals surface area (Å²) in [5.41, 5.74) is 1.82. The number of aryl methyl sites for hydroxylation is 1. The molecule has 1 N–H and O–H groups in total. The summed E-state index contributed by atoms with van der Waals surface area (Å²) in [6, 6.07) is 15.3. The summed E-state index contributed by atoms with van der Waals surface area (Å²) in [5.74, 6) is -0.788. The second kappa shape index (κ2) is 6.51. The Labute approximate surface area is 154 Å². The van der Waals surface area contributed by atoms with Crippen LogP contribution >= 0.6 is 0 Å². The zero-order valence-corrected chi connectivity index (χ0v) is 15.3. The summed E-state index contributed by atoms with van der Waals surface area (Å²) in [5, 5.41) is 3.20. The second-order valence-electron chi connectivity index (χ2n) is 7.69. The van der Waals surface area contributed by atoms with E-state index in [1.807, 2.05) is 18.2 Å². The average molecular weight is 352 g/mol. The number of fused-ring (bicyclic) bond motifs is 2. The maximum Gasteiger partial charge on any atom is 0.255 e. The van der Waals surface area contributed by atoms with Gasteiger partial charge in [0, 0.05) is 11.6 Å². The molecule has 0 aromatic heterocycles. The Hall–Kier alpha value is -2.20. The van der Waals surface area contributed by atoms with Crippen molar-refractivity contribution in [1.29, 1.82) is 0 Å². The van der Waals surface area contributed by atoms with E-state index < -0.39 is 5.82 Å². The van der Waals surface area contributed by atoms with E-state index in [0.717, 1.165) is 31.2 Å². The van der Waals surface area contributed by atoms with Gasteiger partial charge < -0.3 is 5.32 Å². The lowest BCUT2D eigenvalue weighted by atomic mass is 9.78. The molecule has 2 fully saturated rings. The van der Waals surface area contributed by atoms with E-state index in [1.54, 1.807) is 19.1 Å². The number of halogens is 1. The van der Waals surface area contributed by atoms with Gasteiger partial charge in [0.25, 0.3) is 5.91 Å². The molecule has 0 radical (unpaired) electrons. The lowest BCUT2D eigenvalue weighted by molar-refractivity contribution is 0.0833. The molecule has 0 aliphatic carbocycles. The van der Waals surface area contributed by atoms with Gasteiger partial charge >= 0.3 is 0 Å². The van der Waals surface area contributed by atoms with Gasteiger partial charge in [-0.15, -0.1) is 0 Å². The molecular weight excluding hydrogens is 327 g/mol. The van der Waals surface area contributed by atoms with Crippen LogP contribution in [0.4, 0.5) is 4.39 Å². The third-order valence-electron chi connectivity index (χ3n) is 6.47. The van der Waals surface area contributed by atoms with E-state index in [-0.39, 0.29) is 23.1 Å². The first-order valence-corrected chi connectivity index (χ1v) is 9.37. The van der Waals surface area contributed by atoms with Crippen molar-refractivity contribution in [3.05, 3.63) is 71.0 Å². The molecule has 1 amide bonds. The number of hydrogen-bond donors (Lipinski definition) is 1. The molecule has 0 saturated carbocycles. The lowest BCUT2D eigenvalue weighted by Crippen LogP contribution is -2.51. The van der Waals surface area contributed by atoms with Crippen LogP contribution in [0.5, 0.6) is 0 Å². The Morgan fingerprint density at radius 1 is 1.15 bits per heavy atom. The molecule has 1 atom stereocenters. The SMILES string of the molecule is Cc1cccc(F)c1C(=O)N[C@H](c1ccccc1)C12CCC(CC1)N2C. The standard InChI is InChI=1S/C22H25FN2O/c1-15-7-6-10-18(23)19(15)21(26)24-20(16-8-4-3-5-9-16)22-13-11-17(12-14-22)25(22)2/h3-10,17,20H,11-14H2,1-2H3,(H,24,26)/t17?,20-,22?/m1/s1. The topological polar surface area (TPSA) is 32.3 Å². The van der Waals surface area contributed by atoms with Crippen molar-refractivity contribution in [2.75, 3.05) is 7.05 Å². The van der Waals surface area contributed by atoms with Crippen LogP contribution < -0.4 is 5.32 Å². The third kappa shape index (κ3) is 2.64. The highest BCUT2D eigenvalue weighted by Gasteiger charge is 2.54. The van der Waals surface area contributed by atoms with Gasteiger partial charge in [0.15, 0.2) is 0 Å². The smallest absolute Gasteiger partial charge is 0.255 e. The number of benzene rings is 2. The van der Waals surface area contributed by atoms with Crippen molar-refractivity contribution in [3.8, 4) is 0 Å². The van der Waals surface area contributed by atoms with Crippen molar-refractivity contribution in [3.63, 3.8) is 0 Å². The number of rotatable bonds is 4. The predicted octanol–water partition coefficient (Wildman–Crippen LogP) is 4.23. The summed E-state index contributed by atoms with van der Waals surface area (Å²) in [7, 11) is 2.17. The van der Waals surface area contributed by atoms with Gasteiger partial charge in [-0.2, -0.15) is 0 Å². The van der Waals surface area contributed by atoms with Gasteiger partial charge in [0.1, 0.15) is 5.82 Å². The van der Waals surface area contributed by atoms with Crippen LogP contribution in [0.1, 0.15) is 53.2 Å². The molecule has 2 bridgehead atoms. The highest BCUT2D eigenvalue weighted by Crippen LogP contribution is 2.51. The fourth-order valence-corrected chi connectivity index (χ4v) is 4.99. The molecule has 2 saturated heterocycles. The van der Waals surface area contributed by atoms with Crippen molar-refractivity contribution < 1.29 is 9.18 Å². The molecule has 0 unspecified atom stereocenters. The maximum absolute atomic E-state index is 14.3. The number of carbonyl (C=O) groups is 1. The quantitative estimate of drug-likeness (QED) is 0.893. The van der Waals surface area contributed by atoms with Crippen molar-refractivity contribution in [1.82, 2.24) is 10.2 Å². The van der Waals surface area contributed by atoms with E-state index in [0.29, 0.717) is 11.6 Å². The molecular formula is C22H25FN2O. The molecule has 2 aromatic rings. The van der Waals surface area contributed by atoms with Crippen LogP contribution in [0, 0.1) is 12.7 Å². The molecule has 2 aliphatic rings. The summed E-state index contributed by atoms with van der Waals surface area (Å²) < 4.78 is 14.3. The summed E-state index contributed by atoms with van der Waals surface area (Å²) in [6.07, 6.45) is 4.44. The number of carbonyl (C=O) groups excluding carboxylic acids is 1. The van der Waals surface area contributed by atoms with Crippen molar-refractivity contribution in [2.45, 2.75) is 50.2 Å². The van der Waals surface area contributed by atoms with Crippen LogP contribution in [0.25, 0.3) is 0 Å². The van der Waals surface area contributed by atoms with Gasteiger partial charge in [-0.1, -0.05) is 42.5 Å². The van der Waals surface area contributed by atoms with Gasteiger partial charge in [-0.05, 0) is 56.8 Å². The van der Waals surface area contributed by atoms with Crippen molar-refractivity contribution in [2.24, 2.45) is 0 Å². The zero-order valence-electron chi connectivity index (χ0n) is 15.3. The van der Waals surface area contributed by atoms with E-state index >= 15 is 0 Å². The molecule has 3 nitrogen and oxygen atoms in total. The number of nitrogens with one attached hydrogen (secondary N) is 1. The van der Waals surface area contributed by atoms with E-state index in [4.69, 9.17) is 0 Å². The van der Waals surface area contributed by atoms with Crippen LogP contribution in [-0.4, -0.2) is 29.4 Å². The molecule has 4 rings (SSSR count). The number of hydrogen-bond acceptors (Lipinski definition) is 2. The second-order valence-corrected chi connectivity index (χ2v) is 7.69. The van der Waals surface area contributed by atoms with Crippen LogP contribution in [-0.2, 0) is 0 Å². The summed E-state index contributed by atoms with van der Waals surface area (Å²) >= 11 is 0. The molecule has 2 heterocycles. The molecule has 26 heavy (non-hydrogen) atoms. The fraction of sp³-hybridized carbons (Fsp3) is 0.409. The van der Waals surface area contributed by atoms with E-state index in [9.17, 15) is 9.18 Å². The first-order chi connectivity index (χ1) is 12.5. The Kier molecular flexibility index (Phi) is 4.31. The first-order valence-electron chi connectivity index (χ1n) is 9.37. The third-order valence-corrected chi connectivity index (χ3v) is 6.47. The monoisotopic (exact) mass is 352 g/mol. The normalized spacial score (nSPS) is 26.0. The van der Waals surface area contributed by atoms with E-state index in [2.05, 4.69) is 29.4 Å². The van der Waals surface area contributed by atoms with Gasteiger partial charge in [-0.3, -0.25) is 9.69 Å². The lowest BCUT2D eigenvalue weighted by Gasteiger charge is -2.41. The fourth-order valence-electron chi connectivity index (χ4n) is 4.99. The highest BCUT2D eigenvalue weighted by molar-refractivity contribution is 5.96. The largest absolute Gasteiger partial charge is 0.343 e. The van der Waals surface area contributed by atoms with Gasteiger partial charge in [0.2, 0.25) is 0 Å². The summed E-state index contributed by atoms with van der Waals surface area (Å²) in [4.78, 5) is 15.5. The number of likely N-dealkylation sites (N-methyl/N-ethyl adjacent to an activating group) is 1. The Balaban J connectivity index is 1.72. The first kappa shape index (κ1) is 17.2. The minimum Gasteiger partial charge on any atom is -0.343 e. The van der Waals surface area contributed by atoms with Gasteiger partial charge in [-0.25, -0.2) is 4.39 Å². The minimum absolute atomic E-state index is 0.0825. The molecule has 4 heteroatoms.